The Balaban J connectivity index is 1.81. The van der Waals surface area contributed by atoms with Gasteiger partial charge in [0.25, 0.3) is 0 Å². The molecule has 0 saturated heterocycles. The van der Waals surface area contributed by atoms with Crippen LogP contribution >= 0.6 is 17.0 Å². The van der Waals surface area contributed by atoms with E-state index in [4.69, 9.17) is 21.5 Å². The van der Waals surface area contributed by atoms with Gasteiger partial charge >= 0.3 is 224 Å². The molecule has 2 aliphatic carbocycles. The van der Waals surface area contributed by atoms with Crippen molar-refractivity contribution in [3.8, 4) is 0 Å². The van der Waals surface area contributed by atoms with Gasteiger partial charge in [0.15, 0.2) is 0 Å². The van der Waals surface area contributed by atoms with Gasteiger partial charge < -0.3 is 0 Å². The van der Waals surface area contributed by atoms with Gasteiger partial charge in [-0.2, -0.15) is 0 Å². The molecule has 0 bridgehead atoms. The number of halogens is 2. The predicted molar refractivity (Wildman–Crippen MR) is 148 cm³/mol. The molecule has 0 amide bonds. The van der Waals surface area contributed by atoms with Crippen LogP contribution in [0.1, 0.15) is 74.6 Å². The zero-order chi connectivity index (χ0) is 24.3. The van der Waals surface area contributed by atoms with Crippen LogP contribution in [0.3, 0.4) is 0 Å². The Morgan fingerprint density at radius 3 is 1.71 bits per heavy atom. The van der Waals surface area contributed by atoms with Crippen LogP contribution in [0.5, 0.6) is 0 Å². The van der Waals surface area contributed by atoms with E-state index in [1.165, 1.54) is 22.3 Å². The number of benzene rings is 2. The van der Waals surface area contributed by atoms with Crippen molar-refractivity contribution in [2.45, 2.75) is 74.3 Å². The fraction of sp³-hybridized carbons (Fsp3) is 0.448. The number of fused-ring (bicyclic) bond motifs is 2. The van der Waals surface area contributed by atoms with Crippen LogP contribution in [-0.4, -0.2) is 12.1 Å². The first kappa shape index (κ1) is 26.6. The summed E-state index contributed by atoms with van der Waals surface area (Å²) in [6.45, 7) is 9.23. The summed E-state index contributed by atoms with van der Waals surface area (Å²) in [7, 11) is 12.0. The molecular formula is C29H37Cl2OSiZr. The maximum absolute atomic E-state index is 7.11. The molecule has 4 rings (SSSR count). The number of hydrogen-bond acceptors (Lipinski definition) is 1. The van der Waals surface area contributed by atoms with Gasteiger partial charge in [0.05, 0.1) is 0 Å². The summed E-state index contributed by atoms with van der Waals surface area (Å²) in [6, 6.07) is 21.1. The summed E-state index contributed by atoms with van der Waals surface area (Å²) < 4.78 is 7.13. The van der Waals surface area contributed by atoms with Crippen molar-refractivity contribution in [3.63, 3.8) is 0 Å². The van der Waals surface area contributed by atoms with Crippen LogP contribution in [-0.2, 0) is 23.8 Å². The van der Waals surface area contributed by atoms with E-state index in [0.717, 1.165) is 31.0 Å². The third kappa shape index (κ3) is 4.90. The number of hydrogen-bond donors (Lipinski definition) is 0. The molecule has 0 saturated carbocycles. The van der Waals surface area contributed by atoms with Crippen LogP contribution in [0.15, 0.2) is 60.7 Å². The zero-order valence-corrected chi connectivity index (χ0v) is 25.8. The Morgan fingerprint density at radius 2 is 1.29 bits per heavy atom. The van der Waals surface area contributed by atoms with Gasteiger partial charge in [0.1, 0.15) is 0 Å². The molecule has 0 aromatic heterocycles. The Kier molecular flexibility index (Phi) is 8.85. The average Bonchev–Trinajstić information content (AvgIpc) is 3.50. The summed E-state index contributed by atoms with van der Waals surface area (Å²) in [5.74, 6) is 0.634. The molecule has 0 heterocycles. The van der Waals surface area contributed by atoms with Gasteiger partial charge in [0.2, 0.25) is 0 Å². The van der Waals surface area contributed by atoms with Gasteiger partial charge in [-0.1, -0.05) is 0 Å². The summed E-state index contributed by atoms with van der Waals surface area (Å²) in [5.41, 5.74) is 5.50. The van der Waals surface area contributed by atoms with Crippen LogP contribution in [0.2, 0.25) is 18.1 Å². The Labute approximate surface area is 222 Å². The summed E-state index contributed by atoms with van der Waals surface area (Å²) in [6.07, 6.45) is 11.5. The molecule has 34 heavy (non-hydrogen) atoms. The minimum atomic E-state index is -2.73. The van der Waals surface area contributed by atoms with Crippen molar-refractivity contribution in [1.82, 2.24) is 0 Å². The molecule has 0 radical (unpaired) electrons. The Hall–Kier alpha value is -0.440. The SMILES string of the molecule is CCC(C[CH](O[Si](CC)(CC)CC)[Zr]([Cl])[Cl])(C1C=Cc2ccccc21)C1C=Cc2ccccc21. The van der Waals surface area contributed by atoms with Gasteiger partial charge in [-0.25, -0.2) is 0 Å². The molecule has 0 aliphatic heterocycles. The first-order chi connectivity index (χ1) is 16.4. The second-order valence-electron chi connectivity index (χ2n) is 9.86. The third-order valence-electron chi connectivity index (χ3n) is 8.63. The summed E-state index contributed by atoms with van der Waals surface area (Å²) >= 11 is -2.73. The zero-order valence-electron chi connectivity index (χ0n) is 20.9. The third-order valence-corrected chi connectivity index (χ3v) is 18.7. The van der Waals surface area contributed by atoms with E-state index in [0.29, 0.717) is 11.8 Å². The normalized spacial score (nSPS) is 21.2. The van der Waals surface area contributed by atoms with Crippen LogP contribution in [0, 0.1) is 5.41 Å². The van der Waals surface area contributed by atoms with Crippen molar-refractivity contribution in [1.29, 1.82) is 0 Å². The van der Waals surface area contributed by atoms with Crippen molar-refractivity contribution in [2.24, 2.45) is 5.41 Å². The summed E-state index contributed by atoms with van der Waals surface area (Å²) in [4.78, 5) is 0. The Morgan fingerprint density at radius 1 is 0.824 bits per heavy atom. The molecule has 181 valence electrons. The second-order valence-corrected chi connectivity index (χ2v) is 23.6. The van der Waals surface area contributed by atoms with Crippen molar-refractivity contribution >= 4 is 37.5 Å². The van der Waals surface area contributed by atoms with Crippen molar-refractivity contribution in [2.75, 3.05) is 0 Å². The predicted octanol–water partition coefficient (Wildman–Crippen LogP) is 9.67. The van der Waals surface area contributed by atoms with E-state index < -0.39 is 27.7 Å². The Bertz CT molecular complexity index is 976. The fourth-order valence-corrected chi connectivity index (χ4v) is 15.4. The van der Waals surface area contributed by atoms with E-state index >= 15 is 0 Å². The van der Waals surface area contributed by atoms with Crippen molar-refractivity contribution in [3.05, 3.63) is 82.9 Å². The monoisotopic (exact) mass is 589 g/mol. The molecular weight excluding hydrogens is 555 g/mol. The van der Waals surface area contributed by atoms with E-state index in [1.54, 1.807) is 0 Å². The standard InChI is InChI=1S/C29H37OSi.2ClH.Zr/c1-5-29(21-22-30-31(6-2,7-3)8-4,27-19-17-23-13-9-11-15-25(23)27)28-20-18-24-14-10-12-16-26(24)28;;;/h9-20,22,27-28H,5-8,21H2,1-4H3;2*1H;/q;;;+2/p-2. The average molecular weight is 592 g/mol. The number of rotatable bonds is 11. The van der Waals surface area contributed by atoms with Gasteiger partial charge in [-0.05, 0) is 0 Å². The molecule has 2 aromatic carbocycles. The van der Waals surface area contributed by atoms with E-state index in [9.17, 15) is 0 Å². The van der Waals surface area contributed by atoms with Crippen molar-refractivity contribution < 1.29 is 23.8 Å². The first-order valence-corrected chi connectivity index (χ1v) is 23.1. The topological polar surface area (TPSA) is 9.23 Å². The summed E-state index contributed by atoms with van der Waals surface area (Å²) in [5, 5.41) is 0. The molecule has 3 atom stereocenters. The molecule has 2 aromatic rings. The van der Waals surface area contributed by atoms with Gasteiger partial charge in [0, 0.05) is 0 Å². The molecule has 1 nitrogen and oxygen atoms in total. The molecule has 2 aliphatic rings. The minimum absolute atomic E-state index is 0.0134. The quantitative estimate of drug-likeness (QED) is 0.236. The maximum atomic E-state index is 7.11. The van der Waals surface area contributed by atoms with Gasteiger partial charge in [-0.15, -0.1) is 0 Å². The second kappa shape index (κ2) is 11.3. The first-order valence-electron chi connectivity index (χ1n) is 12.8. The van der Waals surface area contributed by atoms with Crippen LogP contribution in [0.4, 0.5) is 0 Å². The van der Waals surface area contributed by atoms with E-state index in [2.05, 4.69) is 101 Å². The molecule has 0 spiro atoms. The van der Waals surface area contributed by atoms with Crippen LogP contribution in [0.25, 0.3) is 12.2 Å². The molecule has 0 fully saturated rings. The molecule has 5 heteroatoms. The van der Waals surface area contributed by atoms with E-state index in [-0.39, 0.29) is 9.23 Å². The molecule has 3 unspecified atom stereocenters. The van der Waals surface area contributed by atoms with E-state index in [1.807, 2.05) is 0 Å². The number of allylic oxidation sites excluding steroid dienone is 2. The molecule has 0 N–H and O–H groups in total. The fourth-order valence-electron chi connectivity index (χ4n) is 6.34. The van der Waals surface area contributed by atoms with Crippen LogP contribution < -0.4 is 0 Å². The van der Waals surface area contributed by atoms with Gasteiger partial charge in [-0.3, -0.25) is 0 Å².